The summed E-state index contributed by atoms with van der Waals surface area (Å²) in [5, 5.41) is 0.425. The zero-order valence-electron chi connectivity index (χ0n) is 11.4. The van der Waals surface area contributed by atoms with E-state index in [-0.39, 0.29) is 17.6 Å². The highest BCUT2D eigenvalue weighted by atomic mass is 16.5. The smallest absolute Gasteiger partial charge is 0.343 e. The Morgan fingerprint density at radius 1 is 1.29 bits per heavy atom. The highest BCUT2D eigenvalue weighted by Gasteiger charge is 2.16. The Morgan fingerprint density at radius 2 is 2.14 bits per heavy atom. The van der Waals surface area contributed by atoms with Gasteiger partial charge in [-0.25, -0.2) is 4.79 Å². The molecule has 0 radical (unpaired) electrons. The number of esters is 1. The van der Waals surface area contributed by atoms with Gasteiger partial charge in [-0.2, -0.15) is 0 Å². The minimum absolute atomic E-state index is 0.000875. The van der Waals surface area contributed by atoms with Gasteiger partial charge >= 0.3 is 5.97 Å². The standard InChI is InChI=1S/C16H13NO4/c1-2-20-16(19)12-9-17-14-10(13-7-4-8-21-13)5-3-6-11(14)15(12)18/h3-9H,2H2,1H3,(H,17,18). The van der Waals surface area contributed by atoms with Crippen LogP contribution in [0.4, 0.5) is 0 Å². The van der Waals surface area contributed by atoms with Gasteiger partial charge in [0.05, 0.1) is 18.4 Å². The van der Waals surface area contributed by atoms with Crippen LogP contribution < -0.4 is 5.43 Å². The van der Waals surface area contributed by atoms with Gasteiger partial charge in [-0.3, -0.25) is 4.79 Å². The number of H-pyrrole nitrogens is 1. The van der Waals surface area contributed by atoms with Crippen molar-refractivity contribution in [3.8, 4) is 11.3 Å². The van der Waals surface area contributed by atoms with Crippen LogP contribution in [-0.4, -0.2) is 17.6 Å². The van der Waals surface area contributed by atoms with E-state index in [9.17, 15) is 9.59 Å². The van der Waals surface area contributed by atoms with E-state index in [1.807, 2.05) is 12.1 Å². The van der Waals surface area contributed by atoms with Gasteiger partial charge < -0.3 is 14.1 Å². The molecule has 0 unspecified atom stereocenters. The molecule has 3 aromatic rings. The molecular formula is C16H13NO4. The Kier molecular flexibility index (Phi) is 3.31. The van der Waals surface area contributed by atoms with Crippen LogP contribution in [0.3, 0.4) is 0 Å². The summed E-state index contributed by atoms with van der Waals surface area (Å²) >= 11 is 0. The number of aromatic amines is 1. The van der Waals surface area contributed by atoms with Crippen molar-refractivity contribution < 1.29 is 13.9 Å². The normalized spacial score (nSPS) is 10.7. The predicted octanol–water partition coefficient (Wildman–Crippen LogP) is 2.96. The van der Waals surface area contributed by atoms with Crippen molar-refractivity contribution in [3.63, 3.8) is 0 Å². The zero-order chi connectivity index (χ0) is 14.8. The Labute approximate surface area is 120 Å². The average molecular weight is 283 g/mol. The summed E-state index contributed by atoms with van der Waals surface area (Å²) < 4.78 is 10.3. The summed E-state index contributed by atoms with van der Waals surface area (Å²) in [5.41, 5.74) is 1.05. The van der Waals surface area contributed by atoms with Crippen molar-refractivity contribution >= 4 is 16.9 Å². The maximum absolute atomic E-state index is 12.4. The van der Waals surface area contributed by atoms with Gasteiger partial charge in [0.1, 0.15) is 11.3 Å². The molecule has 0 bridgehead atoms. The molecule has 2 heterocycles. The molecule has 0 aliphatic carbocycles. The van der Waals surface area contributed by atoms with Gasteiger partial charge in [-0.15, -0.1) is 0 Å². The highest BCUT2D eigenvalue weighted by Crippen LogP contribution is 2.26. The number of fused-ring (bicyclic) bond motifs is 1. The van der Waals surface area contributed by atoms with Gasteiger partial charge in [-0.1, -0.05) is 6.07 Å². The van der Waals surface area contributed by atoms with Crippen LogP contribution in [0, 0.1) is 0 Å². The van der Waals surface area contributed by atoms with Gasteiger partial charge in [0, 0.05) is 17.1 Å². The molecule has 5 heteroatoms. The lowest BCUT2D eigenvalue weighted by Gasteiger charge is -2.06. The molecule has 0 saturated carbocycles. The maximum atomic E-state index is 12.4. The Bertz CT molecular complexity index is 846. The predicted molar refractivity (Wildman–Crippen MR) is 78.2 cm³/mol. The number of aromatic nitrogens is 1. The Balaban J connectivity index is 2.23. The fourth-order valence-corrected chi connectivity index (χ4v) is 2.25. The summed E-state index contributed by atoms with van der Waals surface area (Å²) in [6, 6.07) is 8.86. The number of ether oxygens (including phenoxy) is 1. The first-order valence-corrected chi connectivity index (χ1v) is 6.57. The van der Waals surface area contributed by atoms with Crippen molar-refractivity contribution in [1.82, 2.24) is 4.98 Å². The number of benzene rings is 1. The summed E-state index contributed by atoms with van der Waals surface area (Å²) in [6.45, 7) is 1.92. The largest absolute Gasteiger partial charge is 0.464 e. The molecule has 2 aromatic heterocycles. The Morgan fingerprint density at radius 3 is 2.86 bits per heavy atom. The van der Waals surface area contributed by atoms with E-state index in [1.54, 1.807) is 31.4 Å². The van der Waals surface area contributed by atoms with Crippen LogP contribution in [0.15, 0.2) is 52.0 Å². The SMILES string of the molecule is CCOC(=O)c1c[nH]c2c(-c3ccco3)cccc2c1=O. The third-order valence-electron chi connectivity index (χ3n) is 3.20. The van der Waals surface area contributed by atoms with Crippen molar-refractivity contribution in [2.24, 2.45) is 0 Å². The molecule has 1 aromatic carbocycles. The molecule has 0 amide bonds. The van der Waals surface area contributed by atoms with E-state index >= 15 is 0 Å². The summed E-state index contributed by atoms with van der Waals surface area (Å²) in [6.07, 6.45) is 2.95. The number of pyridine rings is 1. The quantitative estimate of drug-likeness (QED) is 0.750. The molecule has 0 aliphatic rings. The average Bonchev–Trinajstić information content (AvgIpc) is 3.01. The van der Waals surface area contributed by atoms with E-state index in [0.29, 0.717) is 16.7 Å². The lowest BCUT2D eigenvalue weighted by Crippen LogP contribution is -2.18. The molecule has 0 saturated heterocycles. The van der Waals surface area contributed by atoms with Crippen LogP contribution in [0.2, 0.25) is 0 Å². The summed E-state index contributed by atoms with van der Waals surface area (Å²) in [4.78, 5) is 27.2. The van der Waals surface area contributed by atoms with E-state index in [1.165, 1.54) is 6.20 Å². The van der Waals surface area contributed by atoms with Crippen LogP contribution in [0.1, 0.15) is 17.3 Å². The highest BCUT2D eigenvalue weighted by molar-refractivity contribution is 5.97. The van der Waals surface area contributed by atoms with Crippen LogP contribution in [-0.2, 0) is 4.74 Å². The van der Waals surface area contributed by atoms with E-state index < -0.39 is 5.97 Å². The minimum Gasteiger partial charge on any atom is -0.464 e. The number of rotatable bonds is 3. The van der Waals surface area contributed by atoms with Gasteiger partial charge in [-0.05, 0) is 31.2 Å². The molecule has 0 fully saturated rings. The molecule has 5 nitrogen and oxygen atoms in total. The fourth-order valence-electron chi connectivity index (χ4n) is 2.25. The number of nitrogens with one attached hydrogen (secondary N) is 1. The van der Waals surface area contributed by atoms with Crippen molar-refractivity contribution in [2.75, 3.05) is 6.61 Å². The van der Waals surface area contributed by atoms with Gasteiger partial charge in [0.2, 0.25) is 5.43 Å². The molecular weight excluding hydrogens is 270 g/mol. The molecule has 0 atom stereocenters. The molecule has 0 aliphatic heterocycles. The van der Waals surface area contributed by atoms with Crippen molar-refractivity contribution in [3.05, 3.63) is 58.6 Å². The van der Waals surface area contributed by atoms with Crippen molar-refractivity contribution in [2.45, 2.75) is 6.92 Å². The molecule has 21 heavy (non-hydrogen) atoms. The third kappa shape index (κ3) is 2.23. The van der Waals surface area contributed by atoms with Crippen LogP contribution in [0.5, 0.6) is 0 Å². The van der Waals surface area contributed by atoms with Gasteiger partial charge in [0.25, 0.3) is 0 Å². The zero-order valence-corrected chi connectivity index (χ0v) is 11.4. The Hall–Kier alpha value is -2.82. The molecule has 106 valence electrons. The first kappa shape index (κ1) is 13.2. The number of carbonyl (C=O) groups excluding carboxylic acids is 1. The number of furan rings is 1. The van der Waals surface area contributed by atoms with Gasteiger partial charge in [0.15, 0.2) is 0 Å². The molecule has 3 rings (SSSR count). The molecule has 1 N–H and O–H groups in total. The second kappa shape index (κ2) is 5.28. The number of para-hydroxylation sites is 1. The lowest BCUT2D eigenvalue weighted by molar-refractivity contribution is 0.0524. The monoisotopic (exact) mass is 283 g/mol. The van der Waals surface area contributed by atoms with Crippen LogP contribution >= 0.6 is 0 Å². The second-order valence-electron chi connectivity index (χ2n) is 4.46. The number of hydrogen-bond acceptors (Lipinski definition) is 4. The minimum atomic E-state index is -0.621. The van der Waals surface area contributed by atoms with E-state index in [0.717, 1.165) is 5.56 Å². The summed E-state index contributed by atoms with van der Waals surface area (Å²) in [7, 11) is 0. The first-order valence-electron chi connectivity index (χ1n) is 6.57. The van der Waals surface area contributed by atoms with Crippen LogP contribution in [0.25, 0.3) is 22.2 Å². The lowest BCUT2D eigenvalue weighted by atomic mass is 10.1. The van der Waals surface area contributed by atoms with E-state index in [2.05, 4.69) is 4.98 Å². The third-order valence-corrected chi connectivity index (χ3v) is 3.20. The maximum Gasteiger partial charge on any atom is 0.343 e. The fraction of sp³-hybridized carbons (Fsp3) is 0.125. The number of carbonyl (C=O) groups is 1. The second-order valence-corrected chi connectivity index (χ2v) is 4.46. The topological polar surface area (TPSA) is 72.3 Å². The summed E-state index contributed by atoms with van der Waals surface area (Å²) in [5.74, 6) is 0.0317. The molecule has 0 spiro atoms. The first-order chi connectivity index (χ1) is 10.2. The number of hydrogen-bond donors (Lipinski definition) is 1. The van der Waals surface area contributed by atoms with E-state index in [4.69, 9.17) is 9.15 Å². The van der Waals surface area contributed by atoms with Crippen molar-refractivity contribution in [1.29, 1.82) is 0 Å².